The van der Waals surface area contributed by atoms with Crippen LogP contribution in [0.5, 0.6) is 23.0 Å². The molecule has 4 saturated carbocycles. The fraction of sp³-hybridized carbons (Fsp3) is 0.587. The van der Waals surface area contributed by atoms with Crippen molar-refractivity contribution in [3.05, 3.63) is 259 Å². The van der Waals surface area contributed by atoms with E-state index in [1.807, 2.05) is 72.8 Å². The van der Waals surface area contributed by atoms with Gasteiger partial charge >= 0.3 is 23.9 Å². The lowest BCUT2D eigenvalue weighted by Gasteiger charge is -2.54. The Morgan fingerprint density at radius 1 is 0.285 bits per heavy atom. The first kappa shape index (κ1) is 109. The molecule has 0 aromatic heterocycles. The van der Waals surface area contributed by atoms with E-state index in [9.17, 15) is 39.6 Å². The van der Waals surface area contributed by atoms with Crippen molar-refractivity contribution in [1.82, 2.24) is 0 Å². The summed E-state index contributed by atoms with van der Waals surface area (Å²) >= 11 is 0. The maximum atomic E-state index is 13.9. The van der Waals surface area contributed by atoms with E-state index in [-0.39, 0.29) is 146 Å². The van der Waals surface area contributed by atoms with Gasteiger partial charge < -0.3 is 67.8 Å². The van der Waals surface area contributed by atoms with Gasteiger partial charge in [-0.2, -0.15) is 0 Å². The van der Waals surface area contributed by atoms with Crippen LogP contribution in [0.2, 0.25) is 0 Å². The van der Waals surface area contributed by atoms with Crippen molar-refractivity contribution >= 4 is 23.9 Å². The van der Waals surface area contributed by atoms with E-state index >= 15 is 0 Å². The van der Waals surface area contributed by atoms with E-state index in [4.69, 9.17) is 47.4 Å². The number of aryl methyl sites for hydroxylation is 4. The number of fused-ring (bicyclic) bond motifs is 12. The van der Waals surface area contributed by atoms with E-state index in [0.29, 0.717) is 48.4 Å². The molecule has 0 heterocycles. The number of carbonyl (C=O) groups excluding carboxylic acids is 4. The maximum absolute atomic E-state index is 13.9. The van der Waals surface area contributed by atoms with Gasteiger partial charge in [0.25, 0.3) is 0 Å². The maximum Gasteiger partial charge on any atom is 0.312 e. The van der Waals surface area contributed by atoms with Crippen molar-refractivity contribution < 1.29 is 87.0 Å². The molecule has 144 heavy (non-hydrogen) atoms. The molecule has 0 radical (unpaired) electrons. The van der Waals surface area contributed by atoms with Gasteiger partial charge in [-0.3, -0.25) is 19.2 Å². The molecule has 8 aliphatic carbocycles. The van der Waals surface area contributed by atoms with Crippen molar-refractivity contribution in [2.75, 3.05) is 79.3 Å². The molecule has 18 heteroatoms. The molecular formula is C126H168O18. The number of esters is 4. The van der Waals surface area contributed by atoms with Crippen LogP contribution in [0.1, 0.15) is 354 Å². The third kappa shape index (κ3) is 22.9. The highest BCUT2D eigenvalue weighted by Crippen LogP contribution is 2.63. The molecule has 4 N–H and O–H groups in total. The summed E-state index contributed by atoms with van der Waals surface area (Å²) in [5.74, 6) is 4.48. The Morgan fingerprint density at radius 2 is 0.500 bits per heavy atom. The molecule has 16 atom stereocenters. The summed E-state index contributed by atoms with van der Waals surface area (Å²) in [5.41, 5.74) is 17.8. The van der Waals surface area contributed by atoms with Gasteiger partial charge in [0.15, 0.2) is 0 Å². The molecule has 8 aromatic carbocycles. The third-order valence-corrected chi connectivity index (χ3v) is 36.5. The fourth-order valence-corrected chi connectivity index (χ4v) is 27.5. The van der Waals surface area contributed by atoms with E-state index < -0.39 is 46.1 Å². The Kier molecular flexibility index (Phi) is 34.0. The van der Waals surface area contributed by atoms with E-state index in [0.717, 1.165) is 162 Å². The lowest BCUT2D eigenvalue weighted by Crippen LogP contribution is -2.53. The van der Waals surface area contributed by atoms with Gasteiger partial charge in [-0.05, 0) is 337 Å². The molecule has 0 spiro atoms. The first-order valence-corrected chi connectivity index (χ1v) is 54.4. The average molecular weight is 1970 g/mol. The number of carbonyl (C=O) groups is 4. The van der Waals surface area contributed by atoms with Crippen molar-refractivity contribution in [3.63, 3.8) is 0 Å². The van der Waals surface area contributed by atoms with E-state index in [1.54, 1.807) is 0 Å². The SMILES string of the molecule is CC(C)c1ccc2c(c1)CCC1C(C)(C(=O)OCC(O)COCCOc3ccc(C(C)(C)c4ccc(OCCOCC(O)COC(=O)C5(C)CCCC6(C)c7ccc(C(C)C)cc7CCC56)cc4)cc3)CCCC21C.CC(C)c1ccc2c(c1)CCC1C(C)(C(=O)OCC(O)COc3ccc(C(C)(C)c4ccc(OCC(O)COC(=O)C5(C)CCCC6(C)c7ccc(C(C)C)cc7CCC56)cc4)cc3)CCCC21C. The predicted molar refractivity (Wildman–Crippen MR) is 568 cm³/mol. The zero-order valence-electron chi connectivity index (χ0n) is 90.2. The molecule has 4 fully saturated rings. The Bertz CT molecular complexity index is 5370. The summed E-state index contributed by atoms with van der Waals surface area (Å²) in [6.07, 6.45) is 15.2. The standard InChI is InChI=1S/C65H88O10.C61H80O8/c1-43(2)45-13-25-55-47(37-45)15-27-57-62(55,7)29-11-31-64(57,9)59(68)74-41-51(66)39-70-33-35-72-53-21-17-49(18-22-53)61(5,6)50-19-23-54(24-20-50)73-36-34-71-40-52(67)42-75-60(69)65(10)32-12-30-63(8)56-26-14-46(44(3)4)38-48(56)16-28-58(63)65;1-39(2)41-13-25-51-43(33-41)15-27-53-58(51,7)29-11-31-60(53,9)55(64)68-37-47(62)35-66-49-21-17-45(18-22-49)57(5,6)46-19-23-50(24-20-46)67-36-48(63)38-69-56(65)61(10)32-12-30-59(8)52-26-14-42(40(3)4)34-44(52)16-28-54(59)61/h13-14,17-26,37-38,43-44,51-52,57-58,66-67H,11-12,15-16,27-36,39-42H2,1-10H3;13-14,17-26,33-34,39-40,47-48,53-54,62-63H,11-12,15-16,27-32,35-38H2,1-10H3. The average Bonchev–Trinajstić information content (AvgIpc) is 0.732. The summed E-state index contributed by atoms with van der Waals surface area (Å²) in [6.45, 7) is 45.1. The Hall–Kier alpha value is -9.40. The Balaban J connectivity index is 0.000000217. The fourth-order valence-electron chi connectivity index (χ4n) is 27.5. The molecule has 18 nitrogen and oxygen atoms in total. The summed E-state index contributed by atoms with van der Waals surface area (Å²) in [5, 5.41) is 43.2. The lowest BCUT2D eigenvalue weighted by atomic mass is 9.49. The summed E-state index contributed by atoms with van der Waals surface area (Å²) in [6, 6.07) is 59.7. The molecular weight excluding hydrogens is 1800 g/mol. The second-order valence-electron chi connectivity index (χ2n) is 48.2. The van der Waals surface area contributed by atoms with Crippen molar-refractivity contribution in [1.29, 1.82) is 0 Å². The number of aliphatic hydroxyl groups excluding tert-OH is 4. The zero-order chi connectivity index (χ0) is 103. The second kappa shape index (κ2) is 45.0. The van der Waals surface area contributed by atoms with Crippen LogP contribution >= 0.6 is 0 Å². The summed E-state index contributed by atoms with van der Waals surface area (Å²) in [4.78, 5) is 55.2. The minimum absolute atomic E-state index is 0.00613. The molecule has 0 bridgehead atoms. The van der Waals surface area contributed by atoms with Crippen LogP contribution in [-0.4, -0.2) is 148 Å². The van der Waals surface area contributed by atoms with Crippen molar-refractivity contribution in [2.45, 2.75) is 347 Å². The van der Waals surface area contributed by atoms with Gasteiger partial charge in [-0.1, -0.05) is 258 Å². The molecule has 0 aliphatic heterocycles. The van der Waals surface area contributed by atoms with Crippen molar-refractivity contribution in [3.8, 4) is 23.0 Å². The number of ether oxygens (including phenoxy) is 10. The van der Waals surface area contributed by atoms with Gasteiger partial charge in [0, 0.05) is 10.8 Å². The number of hydrogen-bond donors (Lipinski definition) is 4. The van der Waals surface area contributed by atoms with Gasteiger partial charge in [0.05, 0.1) is 48.1 Å². The van der Waals surface area contributed by atoms with E-state index in [2.05, 4.69) is 236 Å². The minimum atomic E-state index is -0.960. The second-order valence-corrected chi connectivity index (χ2v) is 48.2. The largest absolute Gasteiger partial charge is 0.491 e. The van der Waals surface area contributed by atoms with Crippen LogP contribution in [0.25, 0.3) is 0 Å². The van der Waals surface area contributed by atoms with Crippen molar-refractivity contribution in [2.24, 2.45) is 45.3 Å². The van der Waals surface area contributed by atoms with Gasteiger partial charge in [-0.25, -0.2) is 0 Å². The summed E-state index contributed by atoms with van der Waals surface area (Å²) < 4.78 is 58.8. The highest BCUT2D eigenvalue weighted by Gasteiger charge is 2.61. The van der Waals surface area contributed by atoms with Crippen LogP contribution in [0.3, 0.4) is 0 Å². The number of hydrogen-bond acceptors (Lipinski definition) is 18. The quantitative estimate of drug-likeness (QED) is 0.0160. The van der Waals surface area contributed by atoms with Crippen LogP contribution < -0.4 is 18.9 Å². The highest BCUT2D eigenvalue weighted by molar-refractivity contribution is 5.80. The number of aliphatic hydroxyl groups is 4. The minimum Gasteiger partial charge on any atom is -0.491 e. The van der Waals surface area contributed by atoms with Gasteiger partial charge in [0.1, 0.15) is 100 Å². The third-order valence-electron chi connectivity index (χ3n) is 36.5. The molecule has 16 unspecified atom stereocenters. The number of benzene rings is 8. The zero-order valence-corrected chi connectivity index (χ0v) is 90.2. The highest BCUT2D eigenvalue weighted by atomic mass is 16.6. The predicted octanol–water partition coefficient (Wildman–Crippen LogP) is 24.5. The smallest absolute Gasteiger partial charge is 0.312 e. The van der Waals surface area contributed by atoms with Gasteiger partial charge in [0.2, 0.25) is 0 Å². The lowest BCUT2D eigenvalue weighted by molar-refractivity contribution is -0.169. The normalized spacial score (nSPS) is 26.6. The number of rotatable bonds is 38. The Labute approximate surface area is 859 Å². The molecule has 8 aromatic rings. The van der Waals surface area contributed by atoms with Crippen LogP contribution in [-0.2, 0) is 106 Å². The van der Waals surface area contributed by atoms with Crippen LogP contribution in [0.15, 0.2) is 170 Å². The molecule has 8 aliphatic rings. The first-order chi connectivity index (χ1) is 68.4. The first-order valence-electron chi connectivity index (χ1n) is 54.4. The van der Waals surface area contributed by atoms with E-state index in [1.165, 1.54) is 66.8 Å². The molecule has 16 rings (SSSR count). The van der Waals surface area contributed by atoms with Crippen LogP contribution in [0, 0.1) is 45.3 Å². The monoisotopic (exact) mass is 1970 g/mol. The summed E-state index contributed by atoms with van der Waals surface area (Å²) in [7, 11) is 0. The topological polar surface area (TPSA) is 241 Å². The van der Waals surface area contributed by atoms with Gasteiger partial charge in [-0.15, -0.1) is 0 Å². The molecule has 0 saturated heterocycles. The molecule has 0 amide bonds. The Morgan fingerprint density at radius 3 is 0.722 bits per heavy atom. The van der Waals surface area contributed by atoms with Crippen LogP contribution in [0.4, 0.5) is 0 Å². The molecule has 780 valence electrons.